The van der Waals surface area contributed by atoms with Crippen LogP contribution < -0.4 is 10.6 Å². The molecule has 166 valence electrons. The van der Waals surface area contributed by atoms with Crippen molar-refractivity contribution in [1.82, 2.24) is 15.5 Å². The molecule has 1 aromatic carbocycles. The Morgan fingerprint density at radius 2 is 1.73 bits per heavy atom. The number of hydrogen-bond acceptors (Lipinski definition) is 2. The van der Waals surface area contributed by atoms with E-state index >= 15 is 0 Å². The number of nitrogens with zero attached hydrogens (tertiary/aromatic N) is 2. The van der Waals surface area contributed by atoms with Crippen molar-refractivity contribution in [2.45, 2.75) is 52.4 Å². The fraction of sp³-hybridized carbons (Fsp3) is 0.680. The summed E-state index contributed by atoms with van der Waals surface area (Å²) in [6.07, 6.45) is 6.92. The predicted molar refractivity (Wildman–Crippen MR) is 124 cm³/mol. The van der Waals surface area contributed by atoms with Crippen LogP contribution in [0.3, 0.4) is 0 Å². The van der Waals surface area contributed by atoms with Gasteiger partial charge in [-0.1, -0.05) is 44.2 Å². The Labute approximate surface area is 182 Å². The molecule has 1 aliphatic heterocycles. The van der Waals surface area contributed by atoms with Gasteiger partial charge in [-0.25, -0.2) is 0 Å². The summed E-state index contributed by atoms with van der Waals surface area (Å²) >= 11 is 0. The molecule has 2 aliphatic rings. The van der Waals surface area contributed by atoms with E-state index in [0.717, 1.165) is 56.3 Å². The molecule has 0 bridgehead atoms. The van der Waals surface area contributed by atoms with E-state index < -0.39 is 0 Å². The number of hydrogen-bond donors (Lipinski definition) is 2. The largest absolute Gasteiger partial charge is 0.356 e. The summed E-state index contributed by atoms with van der Waals surface area (Å²) in [5.74, 6) is 3.98. The molecule has 5 heteroatoms. The fourth-order valence-electron chi connectivity index (χ4n) is 4.88. The van der Waals surface area contributed by atoms with E-state index in [1.54, 1.807) is 0 Å². The van der Waals surface area contributed by atoms with Gasteiger partial charge in [-0.15, -0.1) is 0 Å². The fourth-order valence-corrected chi connectivity index (χ4v) is 4.88. The first-order valence-electron chi connectivity index (χ1n) is 11.8. The minimum atomic E-state index is 0.280. The topological polar surface area (TPSA) is 56.7 Å². The molecular formula is C25H40N4O. The summed E-state index contributed by atoms with van der Waals surface area (Å²) in [4.78, 5) is 18.8. The third-order valence-electron chi connectivity index (χ3n) is 6.98. The SMILES string of the molecule is CN=C(NCC1CCC(C(C)C)CC1)NCC1CC(=O)N(CCc2ccccc2)C1. The van der Waals surface area contributed by atoms with E-state index in [1.165, 1.54) is 31.2 Å². The Bertz CT molecular complexity index is 680. The number of nitrogens with one attached hydrogen (secondary N) is 2. The van der Waals surface area contributed by atoms with Crippen LogP contribution in [0.1, 0.15) is 51.5 Å². The lowest BCUT2D eigenvalue weighted by atomic mass is 9.77. The molecule has 1 saturated carbocycles. The molecule has 1 amide bonds. The first kappa shape index (κ1) is 22.6. The van der Waals surface area contributed by atoms with E-state index in [2.05, 4.69) is 53.7 Å². The lowest BCUT2D eigenvalue weighted by Crippen LogP contribution is -2.42. The van der Waals surface area contributed by atoms with E-state index in [0.29, 0.717) is 12.3 Å². The number of rotatable bonds is 8. The number of guanidine groups is 1. The number of likely N-dealkylation sites (tertiary alicyclic amines) is 1. The quantitative estimate of drug-likeness (QED) is 0.506. The highest BCUT2D eigenvalue weighted by molar-refractivity contribution is 5.80. The van der Waals surface area contributed by atoms with Gasteiger partial charge in [0.1, 0.15) is 0 Å². The second-order valence-electron chi connectivity index (χ2n) is 9.50. The van der Waals surface area contributed by atoms with Gasteiger partial charge in [0.05, 0.1) is 0 Å². The van der Waals surface area contributed by atoms with E-state index in [4.69, 9.17) is 0 Å². The molecule has 0 radical (unpaired) electrons. The first-order chi connectivity index (χ1) is 14.5. The van der Waals surface area contributed by atoms with Gasteiger partial charge in [-0.2, -0.15) is 0 Å². The molecule has 30 heavy (non-hydrogen) atoms. The van der Waals surface area contributed by atoms with Crippen LogP contribution in [-0.2, 0) is 11.2 Å². The molecule has 1 aliphatic carbocycles. The third-order valence-corrected chi connectivity index (χ3v) is 6.98. The average molecular weight is 413 g/mol. The second kappa shape index (κ2) is 11.4. The van der Waals surface area contributed by atoms with Crippen molar-refractivity contribution in [3.63, 3.8) is 0 Å². The van der Waals surface area contributed by atoms with Crippen LogP contribution in [0.4, 0.5) is 0 Å². The summed E-state index contributed by atoms with van der Waals surface area (Å²) in [6.45, 7) is 8.15. The maximum atomic E-state index is 12.4. The zero-order chi connectivity index (χ0) is 21.3. The van der Waals surface area contributed by atoms with Crippen molar-refractivity contribution >= 4 is 11.9 Å². The Morgan fingerprint density at radius 3 is 2.37 bits per heavy atom. The first-order valence-corrected chi connectivity index (χ1v) is 11.8. The van der Waals surface area contributed by atoms with Gasteiger partial charge in [0.15, 0.2) is 5.96 Å². The zero-order valence-corrected chi connectivity index (χ0v) is 19.1. The highest BCUT2D eigenvalue weighted by atomic mass is 16.2. The zero-order valence-electron chi connectivity index (χ0n) is 19.1. The van der Waals surface area contributed by atoms with Gasteiger partial charge in [-0.3, -0.25) is 9.79 Å². The molecule has 2 fully saturated rings. The molecule has 1 atom stereocenters. The average Bonchev–Trinajstić information content (AvgIpc) is 3.13. The van der Waals surface area contributed by atoms with Crippen molar-refractivity contribution in [1.29, 1.82) is 0 Å². The smallest absolute Gasteiger partial charge is 0.223 e. The van der Waals surface area contributed by atoms with Gasteiger partial charge in [0, 0.05) is 45.6 Å². The molecule has 1 aromatic rings. The third kappa shape index (κ3) is 6.75. The second-order valence-corrected chi connectivity index (χ2v) is 9.50. The molecule has 5 nitrogen and oxygen atoms in total. The Morgan fingerprint density at radius 1 is 1.07 bits per heavy atom. The summed E-state index contributed by atoms with van der Waals surface area (Å²) < 4.78 is 0. The van der Waals surface area contributed by atoms with Gasteiger partial charge in [-0.05, 0) is 55.4 Å². The van der Waals surface area contributed by atoms with Gasteiger partial charge < -0.3 is 15.5 Å². The van der Waals surface area contributed by atoms with Gasteiger partial charge in [0.25, 0.3) is 0 Å². The van der Waals surface area contributed by atoms with Crippen LogP contribution >= 0.6 is 0 Å². The Hall–Kier alpha value is -2.04. The molecule has 2 N–H and O–H groups in total. The number of benzene rings is 1. The van der Waals surface area contributed by atoms with E-state index in [9.17, 15) is 4.79 Å². The minimum absolute atomic E-state index is 0.280. The molecule has 1 heterocycles. The highest BCUT2D eigenvalue weighted by Gasteiger charge is 2.29. The molecule has 0 spiro atoms. The van der Waals surface area contributed by atoms with Crippen molar-refractivity contribution in [2.75, 3.05) is 33.2 Å². The molecule has 1 saturated heterocycles. The lowest BCUT2D eigenvalue weighted by molar-refractivity contribution is -0.127. The van der Waals surface area contributed by atoms with Crippen LogP contribution in [-0.4, -0.2) is 50.0 Å². The van der Waals surface area contributed by atoms with Crippen LogP contribution in [0.2, 0.25) is 0 Å². The maximum absolute atomic E-state index is 12.4. The summed E-state index contributed by atoms with van der Waals surface area (Å²) in [6, 6.07) is 10.4. The number of carbonyl (C=O) groups excluding carboxylic acids is 1. The standard InChI is InChI=1S/C25H40N4O/c1-19(2)23-11-9-21(10-12-23)16-27-25(26-3)28-17-22-15-24(30)29(18-22)14-13-20-7-5-4-6-8-20/h4-8,19,21-23H,9-18H2,1-3H3,(H2,26,27,28). The van der Waals surface area contributed by atoms with Gasteiger partial charge >= 0.3 is 0 Å². The number of carbonyl (C=O) groups is 1. The van der Waals surface area contributed by atoms with Crippen LogP contribution in [0.5, 0.6) is 0 Å². The normalized spacial score (nSPS) is 25.1. The Balaban J connectivity index is 1.34. The maximum Gasteiger partial charge on any atom is 0.223 e. The van der Waals surface area contributed by atoms with Crippen LogP contribution in [0.15, 0.2) is 35.3 Å². The van der Waals surface area contributed by atoms with Gasteiger partial charge in [0.2, 0.25) is 5.91 Å². The van der Waals surface area contributed by atoms with E-state index in [1.807, 2.05) is 18.0 Å². The highest BCUT2D eigenvalue weighted by Crippen LogP contribution is 2.32. The van der Waals surface area contributed by atoms with Crippen molar-refractivity contribution in [3.8, 4) is 0 Å². The number of amides is 1. The van der Waals surface area contributed by atoms with Crippen LogP contribution in [0.25, 0.3) is 0 Å². The number of aliphatic imine (C=N–C) groups is 1. The molecule has 3 rings (SSSR count). The monoisotopic (exact) mass is 412 g/mol. The molecular weight excluding hydrogens is 372 g/mol. The Kier molecular flexibility index (Phi) is 8.59. The summed E-state index contributed by atoms with van der Waals surface area (Å²) in [5, 5.41) is 6.97. The summed E-state index contributed by atoms with van der Waals surface area (Å²) in [7, 11) is 1.83. The van der Waals surface area contributed by atoms with Crippen molar-refractivity contribution in [2.24, 2.45) is 28.7 Å². The van der Waals surface area contributed by atoms with Crippen molar-refractivity contribution in [3.05, 3.63) is 35.9 Å². The molecule has 1 unspecified atom stereocenters. The predicted octanol–water partition coefficient (Wildman–Crippen LogP) is 3.71. The van der Waals surface area contributed by atoms with Crippen LogP contribution in [0, 0.1) is 23.7 Å². The summed E-state index contributed by atoms with van der Waals surface area (Å²) in [5.41, 5.74) is 1.29. The lowest BCUT2D eigenvalue weighted by Gasteiger charge is -2.31. The minimum Gasteiger partial charge on any atom is -0.356 e. The van der Waals surface area contributed by atoms with Crippen molar-refractivity contribution < 1.29 is 4.79 Å². The van der Waals surface area contributed by atoms with E-state index in [-0.39, 0.29) is 5.91 Å². The molecule has 0 aromatic heterocycles.